The fourth-order valence-corrected chi connectivity index (χ4v) is 3.02. The predicted octanol–water partition coefficient (Wildman–Crippen LogP) is 2.03. The van der Waals surface area contributed by atoms with Crippen molar-refractivity contribution in [3.8, 4) is 0 Å². The molecule has 6 heteroatoms. The van der Waals surface area contributed by atoms with Gasteiger partial charge < -0.3 is 10.4 Å². The van der Waals surface area contributed by atoms with E-state index >= 15 is 0 Å². The minimum absolute atomic E-state index is 0.151. The summed E-state index contributed by atoms with van der Waals surface area (Å²) in [5, 5.41) is 16.8. The molecular weight excluding hydrogens is 298 g/mol. The smallest absolute Gasteiger partial charge is 0.323 e. The Morgan fingerprint density at radius 3 is 2.67 bits per heavy atom. The second-order valence-electron chi connectivity index (χ2n) is 4.96. The Morgan fingerprint density at radius 1 is 1.61 bits per heavy atom. The molecule has 0 aliphatic heterocycles. The molecule has 0 saturated heterocycles. The Kier molecular flexibility index (Phi) is 3.51. The topological polar surface area (TPSA) is 67.2 Å². The van der Waals surface area contributed by atoms with Gasteiger partial charge in [0.15, 0.2) is 0 Å². The van der Waals surface area contributed by atoms with Crippen LogP contribution in [-0.2, 0) is 4.79 Å². The first-order chi connectivity index (χ1) is 8.41. The van der Waals surface area contributed by atoms with Gasteiger partial charge in [-0.3, -0.25) is 9.48 Å². The number of rotatable bonds is 3. The van der Waals surface area contributed by atoms with Crippen LogP contribution in [0.15, 0.2) is 4.47 Å². The van der Waals surface area contributed by atoms with Crippen LogP contribution in [0.2, 0.25) is 0 Å². The summed E-state index contributed by atoms with van der Waals surface area (Å²) >= 11 is 3.51. The number of aromatic nitrogens is 2. The molecule has 1 saturated carbocycles. The van der Waals surface area contributed by atoms with Crippen molar-refractivity contribution in [2.45, 2.75) is 44.7 Å². The molecule has 100 valence electrons. The quantitative estimate of drug-likeness (QED) is 0.895. The molecule has 2 atom stereocenters. The van der Waals surface area contributed by atoms with E-state index in [4.69, 9.17) is 0 Å². The van der Waals surface area contributed by atoms with Crippen molar-refractivity contribution in [1.29, 1.82) is 0 Å². The Hall–Kier alpha value is -0.880. The van der Waals surface area contributed by atoms with E-state index in [0.717, 1.165) is 22.3 Å². The number of likely N-dealkylation sites (N-methyl/N-ethyl adjacent to an activating group) is 1. The van der Waals surface area contributed by atoms with Gasteiger partial charge in [0.25, 0.3) is 0 Å². The summed E-state index contributed by atoms with van der Waals surface area (Å²) in [6.07, 6.45) is 2.05. The van der Waals surface area contributed by atoms with Crippen LogP contribution in [0.1, 0.15) is 36.7 Å². The fraction of sp³-hybridized carbons (Fsp3) is 0.667. The van der Waals surface area contributed by atoms with Gasteiger partial charge in [0.2, 0.25) is 0 Å². The van der Waals surface area contributed by atoms with E-state index in [1.165, 1.54) is 0 Å². The van der Waals surface area contributed by atoms with E-state index in [2.05, 4.69) is 26.3 Å². The number of hydrogen-bond acceptors (Lipinski definition) is 3. The molecule has 1 heterocycles. The number of hydrogen-bond donors (Lipinski definition) is 2. The van der Waals surface area contributed by atoms with Crippen LogP contribution in [0.3, 0.4) is 0 Å². The fourth-order valence-electron chi connectivity index (χ4n) is 2.75. The van der Waals surface area contributed by atoms with Gasteiger partial charge in [-0.25, -0.2) is 0 Å². The maximum Gasteiger partial charge on any atom is 0.323 e. The molecule has 2 rings (SSSR count). The maximum absolute atomic E-state index is 11.4. The first-order valence-corrected chi connectivity index (χ1v) is 6.84. The number of aryl methyl sites for hydroxylation is 1. The van der Waals surface area contributed by atoms with Crippen molar-refractivity contribution < 1.29 is 9.90 Å². The van der Waals surface area contributed by atoms with Crippen LogP contribution in [-0.4, -0.2) is 33.4 Å². The Bertz CT molecular complexity index is 486. The molecule has 1 aliphatic rings. The van der Waals surface area contributed by atoms with Gasteiger partial charge in [0.1, 0.15) is 5.54 Å². The van der Waals surface area contributed by atoms with Gasteiger partial charge in [-0.05, 0) is 56.1 Å². The summed E-state index contributed by atoms with van der Waals surface area (Å²) in [4.78, 5) is 11.4. The summed E-state index contributed by atoms with van der Waals surface area (Å²) in [5.74, 6) is -0.770. The number of nitrogens with one attached hydrogen (secondary N) is 1. The third-order valence-corrected chi connectivity index (χ3v) is 5.11. The van der Waals surface area contributed by atoms with Gasteiger partial charge in [-0.2, -0.15) is 5.10 Å². The highest BCUT2D eigenvalue weighted by molar-refractivity contribution is 9.10. The predicted molar refractivity (Wildman–Crippen MR) is 71.7 cm³/mol. The van der Waals surface area contributed by atoms with E-state index in [1.807, 2.05) is 18.5 Å². The molecule has 0 radical (unpaired) electrons. The molecule has 2 N–H and O–H groups in total. The van der Waals surface area contributed by atoms with Crippen molar-refractivity contribution in [2.75, 3.05) is 7.05 Å². The minimum atomic E-state index is -0.802. The number of carboxylic acids is 1. The summed E-state index contributed by atoms with van der Waals surface area (Å²) in [6, 6.07) is 0.151. The van der Waals surface area contributed by atoms with Crippen LogP contribution >= 0.6 is 15.9 Å². The second-order valence-corrected chi connectivity index (χ2v) is 5.76. The SMILES string of the molecule is CNC1(C(=O)O)CCC(n2nc(C)c(Br)c2C)C1. The van der Waals surface area contributed by atoms with E-state index in [9.17, 15) is 9.90 Å². The monoisotopic (exact) mass is 315 g/mol. The van der Waals surface area contributed by atoms with Gasteiger partial charge in [-0.1, -0.05) is 0 Å². The molecule has 1 aliphatic carbocycles. The van der Waals surface area contributed by atoms with Gasteiger partial charge >= 0.3 is 5.97 Å². The zero-order valence-corrected chi connectivity index (χ0v) is 12.4. The number of aliphatic carboxylic acids is 1. The zero-order chi connectivity index (χ0) is 13.5. The summed E-state index contributed by atoms with van der Waals surface area (Å²) < 4.78 is 2.97. The van der Waals surface area contributed by atoms with E-state index in [0.29, 0.717) is 12.8 Å². The highest BCUT2D eigenvalue weighted by Crippen LogP contribution is 2.39. The van der Waals surface area contributed by atoms with E-state index < -0.39 is 11.5 Å². The highest BCUT2D eigenvalue weighted by Gasteiger charge is 2.45. The Balaban J connectivity index is 2.28. The second kappa shape index (κ2) is 4.66. The van der Waals surface area contributed by atoms with Gasteiger partial charge in [0.05, 0.1) is 21.9 Å². The Morgan fingerprint density at radius 2 is 2.28 bits per heavy atom. The standard InChI is InChI=1S/C12H18BrN3O2/c1-7-10(13)8(2)16(15-7)9-4-5-12(6-9,14-3)11(17)18/h9,14H,4-6H2,1-3H3,(H,17,18). The largest absolute Gasteiger partial charge is 0.480 e. The van der Waals surface area contributed by atoms with Crippen LogP contribution in [0.25, 0.3) is 0 Å². The van der Waals surface area contributed by atoms with E-state index in [-0.39, 0.29) is 6.04 Å². The minimum Gasteiger partial charge on any atom is -0.480 e. The first-order valence-electron chi connectivity index (χ1n) is 6.05. The lowest BCUT2D eigenvalue weighted by Gasteiger charge is -2.23. The van der Waals surface area contributed by atoms with Crippen LogP contribution in [0.4, 0.5) is 0 Å². The van der Waals surface area contributed by atoms with Crippen molar-refractivity contribution in [1.82, 2.24) is 15.1 Å². The molecule has 1 fully saturated rings. The molecule has 1 aromatic rings. The maximum atomic E-state index is 11.4. The summed E-state index contributed by atoms with van der Waals surface area (Å²) in [7, 11) is 1.72. The van der Waals surface area contributed by atoms with Crippen molar-refractivity contribution >= 4 is 21.9 Å². The van der Waals surface area contributed by atoms with Gasteiger partial charge in [0, 0.05) is 0 Å². The number of nitrogens with zero attached hydrogens (tertiary/aromatic N) is 2. The summed E-state index contributed by atoms with van der Waals surface area (Å²) in [6.45, 7) is 3.95. The lowest BCUT2D eigenvalue weighted by Crippen LogP contribution is -2.48. The van der Waals surface area contributed by atoms with Crippen LogP contribution in [0, 0.1) is 13.8 Å². The number of carbonyl (C=O) groups is 1. The average molecular weight is 316 g/mol. The lowest BCUT2D eigenvalue weighted by atomic mass is 9.98. The molecule has 0 aromatic carbocycles. The van der Waals surface area contributed by atoms with Crippen molar-refractivity contribution in [3.05, 3.63) is 15.9 Å². The highest BCUT2D eigenvalue weighted by atomic mass is 79.9. The van der Waals surface area contributed by atoms with E-state index in [1.54, 1.807) is 7.05 Å². The van der Waals surface area contributed by atoms with Crippen molar-refractivity contribution in [2.24, 2.45) is 0 Å². The third-order valence-electron chi connectivity index (χ3n) is 3.96. The van der Waals surface area contributed by atoms with Crippen LogP contribution < -0.4 is 5.32 Å². The van der Waals surface area contributed by atoms with Crippen molar-refractivity contribution in [3.63, 3.8) is 0 Å². The lowest BCUT2D eigenvalue weighted by molar-refractivity contribution is -0.144. The molecule has 2 unspecified atom stereocenters. The first kappa shape index (κ1) is 13.5. The summed E-state index contributed by atoms with van der Waals surface area (Å²) in [5.41, 5.74) is 1.21. The van der Waals surface area contributed by atoms with Crippen LogP contribution in [0.5, 0.6) is 0 Å². The molecular formula is C12H18BrN3O2. The number of carboxylic acid groups (broad SMARTS) is 1. The molecule has 18 heavy (non-hydrogen) atoms. The third kappa shape index (κ3) is 1.97. The number of halogens is 1. The molecule has 0 amide bonds. The zero-order valence-electron chi connectivity index (χ0n) is 10.8. The van der Waals surface area contributed by atoms with Gasteiger partial charge in [-0.15, -0.1) is 0 Å². The normalized spacial score (nSPS) is 27.7. The Labute approximate surface area is 115 Å². The average Bonchev–Trinajstić information content (AvgIpc) is 2.88. The molecule has 5 nitrogen and oxygen atoms in total. The molecule has 1 aromatic heterocycles. The molecule has 0 bridgehead atoms. The molecule has 0 spiro atoms.